The first-order chi connectivity index (χ1) is 18.6. The van der Waals surface area contributed by atoms with Crippen LogP contribution in [0, 0.1) is 0 Å². The van der Waals surface area contributed by atoms with Crippen LogP contribution >= 0.6 is 0 Å². The molecule has 0 spiro atoms. The van der Waals surface area contributed by atoms with E-state index in [0.29, 0.717) is 23.7 Å². The van der Waals surface area contributed by atoms with E-state index in [-0.39, 0.29) is 18.2 Å². The van der Waals surface area contributed by atoms with Gasteiger partial charge in [0, 0.05) is 18.7 Å². The van der Waals surface area contributed by atoms with Crippen LogP contribution in [0.4, 0.5) is 0 Å². The van der Waals surface area contributed by atoms with Gasteiger partial charge in [-0.15, -0.1) is 0 Å². The highest BCUT2D eigenvalue weighted by Crippen LogP contribution is 2.28. The molecule has 1 fully saturated rings. The quantitative estimate of drug-likeness (QED) is 0.315. The smallest absolute Gasteiger partial charge is 0.253 e. The molecule has 4 rings (SSSR count). The van der Waals surface area contributed by atoms with Gasteiger partial charge in [-0.05, 0) is 78.4 Å². The Hall–Kier alpha value is -4.33. The van der Waals surface area contributed by atoms with E-state index < -0.39 is 0 Å². The largest absolute Gasteiger partial charge is 0.497 e. The summed E-state index contributed by atoms with van der Waals surface area (Å²) in [6.45, 7) is 2.00. The Morgan fingerprint density at radius 1 is 0.868 bits per heavy atom. The number of rotatable bonds is 10. The summed E-state index contributed by atoms with van der Waals surface area (Å²) in [6.07, 6.45) is 5.10. The van der Waals surface area contributed by atoms with Gasteiger partial charge in [-0.25, -0.2) is 5.43 Å². The first kappa shape index (κ1) is 26.7. The van der Waals surface area contributed by atoms with Crippen molar-refractivity contribution in [3.05, 3.63) is 89.0 Å². The van der Waals surface area contributed by atoms with Gasteiger partial charge < -0.3 is 19.1 Å². The zero-order valence-corrected chi connectivity index (χ0v) is 21.8. The number of hydrazone groups is 1. The highest BCUT2D eigenvalue weighted by Gasteiger charge is 2.18. The molecule has 2 amide bonds. The third kappa shape index (κ3) is 7.35. The molecule has 38 heavy (non-hydrogen) atoms. The average Bonchev–Trinajstić information content (AvgIpc) is 2.97. The zero-order chi connectivity index (χ0) is 26.7. The van der Waals surface area contributed by atoms with Gasteiger partial charge in [-0.3, -0.25) is 9.59 Å². The monoisotopic (exact) mass is 515 g/mol. The molecular formula is C30H33N3O5. The molecule has 3 aromatic rings. The molecule has 1 aliphatic rings. The van der Waals surface area contributed by atoms with Crippen LogP contribution in [0.2, 0.25) is 0 Å². The minimum Gasteiger partial charge on any atom is -0.497 e. The summed E-state index contributed by atoms with van der Waals surface area (Å²) >= 11 is 0. The number of amides is 2. The highest BCUT2D eigenvalue weighted by atomic mass is 16.5. The van der Waals surface area contributed by atoms with E-state index in [1.807, 2.05) is 59.5 Å². The number of nitrogens with one attached hydrogen (secondary N) is 1. The molecule has 1 aliphatic heterocycles. The number of likely N-dealkylation sites (tertiary alicyclic amines) is 1. The fraction of sp³-hybridized carbons (Fsp3) is 0.300. The fourth-order valence-corrected chi connectivity index (χ4v) is 4.22. The van der Waals surface area contributed by atoms with Crippen LogP contribution in [-0.2, 0) is 17.8 Å². The molecule has 1 N–H and O–H groups in total. The predicted octanol–water partition coefficient (Wildman–Crippen LogP) is 4.60. The molecule has 0 saturated carbocycles. The zero-order valence-electron chi connectivity index (χ0n) is 21.8. The number of methoxy groups -OCH3 is 2. The van der Waals surface area contributed by atoms with Crippen molar-refractivity contribution in [2.75, 3.05) is 27.3 Å². The standard InChI is InChI=1S/C30H33N3O5/c1-36-26-13-8-22(9-14-26)19-29(34)32-31-20-24-10-15-27(28(18-24)37-2)38-21-23-6-11-25(12-7-23)30(35)33-16-4-3-5-17-33/h6-15,18,20H,3-5,16-17,19,21H2,1-2H3,(H,32,34)/b31-20+. The summed E-state index contributed by atoms with van der Waals surface area (Å²) in [5.41, 5.74) is 5.81. The van der Waals surface area contributed by atoms with Crippen molar-refractivity contribution < 1.29 is 23.8 Å². The average molecular weight is 516 g/mol. The molecule has 3 aromatic carbocycles. The van der Waals surface area contributed by atoms with Crippen LogP contribution in [0.5, 0.6) is 17.2 Å². The molecule has 198 valence electrons. The van der Waals surface area contributed by atoms with E-state index in [1.54, 1.807) is 32.6 Å². The number of carbonyl (C=O) groups is 2. The number of nitrogens with zero attached hydrogens (tertiary/aromatic N) is 2. The van der Waals surface area contributed by atoms with Gasteiger partial charge in [0.15, 0.2) is 11.5 Å². The predicted molar refractivity (Wildman–Crippen MR) is 146 cm³/mol. The second-order valence-corrected chi connectivity index (χ2v) is 9.07. The van der Waals surface area contributed by atoms with Gasteiger partial charge in [0.2, 0.25) is 5.91 Å². The highest BCUT2D eigenvalue weighted by molar-refractivity contribution is 5.94. The molecule has 0 atom stereocenters. The lowest BCUT2D eigenvalue weighted by Gasteiger charge is -2.26. The Morgan fingerprint density at radius 2 is 1.58 bits per heavy atom. The normalized spacial score (nSPS) is 13.3. The Morgan fingerprint density at radius 3 is 2.26 bits per heavy atom. The maximum absolute atomic E-state index is 12.7. The molecule has 0 aromatic heterocycles. The molecule has 1 saturated heterocycles. The molecule has 0 bridgehead atoms. The molecular weight excluding hydrogens is 482 g/mol. The Labute approximate surface area is 223 Å². The second-order valence-electron chi connectivity index (χ2n) is 9.07. The first-order valence-corrected chi connectivity index (χ1v) is 12.7. The topological polar surface area (TPSA) is 89.5 Å². The fourth-order valence-electron chi connectivity index (χ4n) is 4.22. The number of hydrogen-bond donors (Lipinski definition) is 1. The van der Waals surface area contributed by atoms with E-state index >= 15 is 0 Å². The van der Waals surface area contributed by atoms with Crippen LogP contribution in [0.25, 0.3) is 0 Å². The van der Waals surface area contributed by atoms with Crippen molar-refractivity contribution in [1.29, 1.82) is 0 Å². The summed E-state index contributed by atoms with van der Waals surface area (Å²) in [7, 11) is 3.17. The van der Waals surface area contributed by atoms with E-state index in [0.717, 1.165) is 48.4 Å². The third-order valence-corrected chi connectivity index (χ3v) is 6.35. The summed E-state index contributed by atoms with van der Waals surface area (Å²) in [4.78, 5) is 26.8. The molecule has 0 radical (unpaired) electrons. The first-order valence-electron chi connectivity index (χ1n) is 12.7. The number of ether oxygens (including phenoxy) is 3. The summed E-state index contributed by atoms with van der Waals surface area (Å²) in [5, 5.41) is 4.05. The lowest BCUT2D eigenvalue weighted by Crippen LogP contribution is -2.35. The molecule has 1 heterocycles. The Kier molecular flexibility index (Phi) is 9.34. The van der Waals surface area contributed by atoms with Gasteiger partial charge in [0.05, 0.1) is 26.9 Å². The van der Waals surface area contributed by atoms with Crippen LogP contribution in [0.15, 0.2) is 71.8 Å². The van der Waals surface area contributed by atoms with Crippen LogP contribution in [0.1, 0.15) is 46.3 Å². The number of piperidine rings is 1. The Bertz CT molecular complexity index is 1250. The number of carbonyl (C=O) groups excluding carboxylic acids is 2. The molecule has 0 aliphatic carbocycles. The summed E-state index contributed by atoms with van der Waals surface area (Å²) < 4.78 is 16.6. The van der Waals surface area contributed by atoms with E-state index in [9.17, 15) is 9.59 Å². The molecule has 8 nitrogen and oxygen atoms in total. The maximum atomic E-state index is 12.7. The lowest BCUT2D eigenvalue weighted by atomic mass is 10.1. The number of benzene rings is 3. The Balaban J connectivity index is 1.28. The molecule has 8 heteroatoms. The lowest BCUT2D eigenvalue weighted by molar-refractivity contribution is -0.120. The van der Waals surface area contributed by atoms with Gasteiger partial charge in [-0.2, -0.15) is 5.10 Å². The third-order valence-electron chi connectivity index (χ3n) is 6.35. The number of hydrogen-bond acceptors (Lipinski definition) is 6. The van der Waals surface area contributed by atoms with Crippen molar-refractivity contribution in [3.8, 4) is 17.2 Å². The van der Waals surface area contributed by atoms with Crippen LogP contribution < -0.4 is 19.6 Å². The van der Waals surface area contributed by atoms with Crippen LogP contribution in [0.3, 0.4) is 0 Å². The SMILES string of the molecule is COc1ccc(CC(=O)N/N=C/c2ccc(OCc3ccc(C(=O)N4CCCCC4)cc3)c(OC)c2)cc1. The summed E-state index contributed by atoms with van der Waals surface area (Å²) in [6, 6.07) is 20.3. The maximum Gasteiger partial charge on any atom is 0.253 e. The van der Waals surface area contributed by atoms with Crippen molar-refractivity contribution in [2.24, 2.45) is 5.10 Å². The van der Waals surface area contributed by atoms with Gasteiger partial charge >= 0.3 is 0 Å². The van der Waals surface area contributed by atoms with Gasteiger partial charge in [0.25, 0.3) is 5.91 Å². The minimum absolute atomic E-state index is 0.0908. The van der Waals surface area contributed by atoms with E-state index in [4.69, 9.17) is 14.2 Å². The van der Waals surface area contributed by atoms with Crippen molar-refractivity contribution >= 4 is 18.0 Å². The summed E-state index contributed by atoms with van der Waals surface area (Å²) in [5.74, 6) is 1.75. The van der Waals surface area contributed by atoms with E-state index in [1.165, 1.54) is 6.42 Å². The van der Waals surface area contributed by atoms with Gasteiger partial charge in [-0.1, -0.05) is 24.3 Å². The van der Waals surface area contributed by atoms with Crippen molar-refractivity contribution in [1.82, 2.24) is 10.3 Å². The van der Waals surface area contributed by atoms with Gasteiger partial charge in [0.1, 0.15) is 12.4 Å². The van der Waals surface area contributed by atoms with Crippen molar-refractivity contribution in [2.45, 2.75) is 32.3 Å². The van der Waals surface area contributed by atoms with Crippen molar-refractivity contribution in [3.63, 3.8) is 0 Å². The second kappa shape index (κ2) is 13.3. The molecule has 0 unspecified atom stereocenters. The van der Waals surface area contributed by atoms with Crippen LogP contribution in [-0.4, -0.2) is 50.2 Å². The van der Waals surface area contributed by atoms with E-state index in [2.05, 4.69) is 10.5 Å². The minimum atomic E-state index is -0.220.